The molecule has 0 unspecified atom stereocenters. The third-order valence-corrected chi connectivity index (χ3v) is 10.6. The number of hydrogen-bond donors (Lipinski definition) is 2. The zero-order valence-electron chi connectivity index (χ0n) is 20.7. The number of rotatable bonds is 9. The van der Waals surface area contributed by atoms with Crippen molar-refractivity contribution in [2.45, 2.75) is 58.7 Å². The van der Waals surface area contributed by atoms with Crippen molar-refractivity contribution in [3.05, 3.63) is 58.7 Å². The lowest BCUT2D eigenvalue weighted by Gasteiger charge is -2.25. The first-order chi connectivity index (χ1) is 18.0. The van der Waals surface area contributed by atoms with Crippen molar-refractivity contribution in [2.24, 2.45) is 0 Å². The minimum Gasteiger partial charge on any atom is -0.367 e. The van der Waals surface area contributed by atoms with E-state index in [1.807, 2.05) is 13.8 Å². The predicted octanol–water partition coefficient (Wildman–Crippen LogP) is 5.73. The molecule has 38 heavy (non-hydrogen) atoms. The highest BCUT2D eigenvalue weighted by atomic mass is 35.5. The van der Waals surface area contributed by atoms with Crippen molar-refractivity contribution < 1.29 is 16.8 Å². The summed E-state index contributed by atoms with van der Waals surface area (Å²) in [7, 11) is -7.59. The van der Waals surface area contributed by atoms with Gasteiger partial charge in [0.2, 0.25) is 16.0 Å². The molecule has 2 heterocycles. The van der Waals surface area contributed by atoms with E-state index in [-0.39, 0.29) is 26.8 Å². The minimum absolute atomic E-state index is 0.00326. The molecule has 0 radical (unpaired) electrons. The average molecular weight is 617 g/mol. The summed E-state index contributed by atoms with van der Waals surface area (Å²) in [6.07, 6.45) is 4.29. The van der Waals surface area contributed by atoms with Crippen molar-refractivity contribution >= 4 is 66.8 Å². The monoisotopic (exact) mass is 615 g/mol. The zero-order valence-corrected chi connectivity index (χ0v) is 24.6. The first-order valence-electron chi connectivity index (χ1n) is 11.9. The molecule has 0 atom stereocenters. The Morgan fingerprint density at radius 2 is 1.66 bits per heavy atom. The maximum absolute atomic E-state index is 12.9. The van der Waals surface area contributed by atoms with Crippen LogP contribution in [0.4, 0.5) is 11.8 Å². The van der Waals surface area contributed by atoms with E-state index in [1.165, 1.54) is 40.5 Å². The van der Waals surface area contributed by atoms with Crippen LogP contribution >= 0.6 is 35.0 Å². The number of nitrogens with zero attached hydrogens (tertiary/aromatic N) is 3. The van der Waals surface area contributed by atoms with Crippen LogP contribution in [0.5, 0.6) is 0 Å². The molecule has 1 aliphatic rings. The van der Waals surface area contributed by atoms with E-state index in [0.29, 0.717) is 28.8 Å². The minimum atomic E-state index is -4.07. The van der Waals surface area contributed by atoms with E-state index in [4.69, 9.17) is 23.2 Å². The third-order valence-electron chi connectivity index (χ3n) is 5.59. The second kappa shape index (κ2) is 12.0. The van der Waals surface area contributed by atoms with Crippen LogP contribution in [0.2, 0.25) is 10.0 Å². The van der Waals surface area contributed by atoms with E-state index in [1.54, 1.807) is 24.3 Å². The highest BCUT2D eigenvalue weighted by molar-refractivity contribution is 7.99. The molecular formula is C24H27Cl2N5O4S3. The normalized spacial score (nSPS) is 15.0. The van der Waals surface area contributed by atoms with E-state index < -0.39 is 20.0 Å². The van der Waals surface area contributed by atoms with Gasteiger partial charge in [-0.15, -0.1) is 0 Å². The van der Waals surface area contributed by atoms with Gasteiger partial charge in [0.25, 0.3) is 10.0 Å². The van der Waals surface area contributed by atoms with Gasteiger partial charge < -0.3 is 5.32 Å². The van der Waals surface area contributed by atoms with Gasteiger partial charge in [0.15, 0.2) is 0 Å². The van der Waals surface area contributed by atoms with Gasteiger partial charge in [-0.3, -0.25) is 0 Å². The SMILES string of the molecule is CC(C)Nc1nc(NS(=O)(=O)c2ccc(Cl)cc2Cl)ncc1Sc1ccc(S(=O)(=O)N2CCCCC2)cc1. The maximum Gasteiger partial charge on any atom is 0.265 e. The highest BCUT2D eigenvalue weighted by Crippen LogP contribution is 2.34. The first-order valence-corrected chi connectivity index (χ1v) is 16.3. The first kappa shape index (κ1) is 28.9. The van der Waals surface area contributed by atoms with Crippen LogP contribution in [0.15, 0.2) is 68.2 Å². The largest absolute Gasteiger partial charge is 0.367 e. The van der Waals surface area contributed by atoms with Gasteiger partial charge >= 0.3 is 0 Å². The highest BCUT2D eigenvalue weighted by Gasteiger charge is 2.26. The summed E-state index contributed by atoms with van der Waals surface area (Å²) >= 11 is 13.3. The molecule has 0 saturated carbocycles. The van der Waals surface area contributed by atoms with Gasteiger partial charge in [-0.05, 0) is 69.2 Å². The summed E-state index contributed by atoms with van der Waals surface area (Å²) in [4.78, 5) is 10.1. The van der Waals surface area contributed by atoms with Gasteiger partial charge in [0, 0.05) is 35.2 Å². The number of sulfonamides is 2. The van der Waals surface area contributed by atoms with E-state index in [2.05, 4.69) is 20.0 Å². The summed E-state index contributed by atoms with van der Waals surface area (Å²) in [6, 6.07) is 10.7. The predicted molar refractivity (Wildman–Crippen MR) is 151 cm³/mol. The molecule has 0 aliphatic carbocycles. The van der Waals surface area contributed by atoms with Gasteiger partial charge in [-0.1, -0.05) is 41.4 Å². The summed E-state index contributed by atoms with van der Waals surface area (Å²) in [5.74, 6) is 0.288. The Morgan fingerprint density at radius 3 is 2.29 bits per heavy atom. The molecule has 9 nitrogen and oxygen atoms in total. The Kier molecular flexibility index (Phi) is 9.11. The van der Waals surface area contributed by atoms with Crippen molar-refractivity contribution in [1.82, 2.24) is 14.3 Å². The molecule has 1 aliphatic heterocycles. The molecule has 1 aromatic heterocycles. The van der Waals surface area contributed by atoms with Crippen LogP contribution < -0.4 is 10.0 Å². The lowest BCUT2D eigenvalue weighted by molar-refractivity contribution is 0.346. The zero-order chi connectivity index (χ0) is 27.5. The number of piperidine rings is 1. The standard InChI is InChI=1S/C24H27Cl2N5O4S3/c1-16(2)28-23-21(15-27-24(29-23)30-37(32,33)22-11-6-17(25)14-20(22)26)36-18-7-9-19(10-8-18)38(34,35)31-12-4-3-5-13-31/h6-11,14-16H,3-5,12-13H2,1-2H3,(H2,27,28,29,30). The number of halogens is 2. The lowest BCUT2D eigenvalue weighted by Crippen LogP contribution is -2.35. The van der Waals surface area contributed by atoms with Crippen LogP contribution in [-0.4, -0.2) is 50.2 Å². The van der Waals surface area contributed by atoms with Crippen LogP contribution in [0.25, 0.3) is 0 Å². The molecule has 0 bridgehead atoms. The molecule has 3 aromatic rings. The van der Waals surface area contributed by atoms with E-state index >= 15 is 0 Å². The topological polar surface area (TPSA) is 121 Å². The summed E-state index contributed by atoms with van der Waals surface area (Å²) in [5, 5.41) is 3.49. The van der Waals surface area contributed by atoms with Crippen LogP contribution in [0.1, 0.15) is 33.1 Å². The Labute approximate surface area is 237 Å². The number of benzene rings is 2. The van der Waals surface area contributed by atoms with Gasteiger partial charge in [0.05, 0.1) is 14.8 Å². The van der Waals surface area contributed by atoms with Crippen LogP contribution in [0, 0.1) is 0 Å². The molecule has 14 heteroatoms. The smallest absolute Gasteiger partial charge is 0.265 e. The molecule has 0 amide bonds. The molecule has 1 fully saturated rings. The molecule has 1 saturated heterocycles. The summed E-state index contributed by atoms with van der Waals surface area (Å²) in [5.41, 5.74) is 0. The summed E-state index contributed by atoms with van der Waals surface area (Å²) in [6.45, 7) is 4.93. The van der Waals surface area contributed by atoms with Crippen LogP contribution in [0.3, 0.4) is 0 Å². The maximum atomic E-state index is 12.9. The number of anilines is 2. The molecule has 4 rings (SSSR count). The fourth-order valence-electron chi connectivity index (χ4n) is 3.80. The second-order valence-corrected chi connectivity index (χ2v) is 14.5. The Morgan fingerprint density at radius 1 is 0.974 bits per heavy atom. The Hall–Kier alpha value is -2.09. The van der Waals surface area contributed by atoms with Crippen molar-refractivity contribution in [2.75, 3.05) is 23.1 Å². The van der Waals surface area contributed by atoms with Crippen molar-refractivity contribution in [3.8, 4) is 0 Å². The molecular weight excluding hydrogens is 589 g/mol. The Balaban J connectivity index is 1.55. The van der Waals surface area contributed by atoms with Crippen molar-refractivity contribution in [1.29, 1.82) is 0 Å². The van der Waals surface area contributed by atoms with Crippen LogP contribution in [-0.2, 0) is 20.0 Å². The number of aromatic nitrogens is 2. The number of nitrogens with one attached hydrogen (secondary N) is 2. The molecule has 2 aromatic carbocycles. The average Bonchev–Trinajstić information content (AvgIpc) is 2.85. The van der Waals surface area contributed by atoms with Gasteiger partial charge in [-0.2, -0.15) is 9.29 Å². The van der Waals surface area contributed by atoms with Crippen molar-refractivity contribution in [3.63, 3.8) is 0 Å². The second-order valence-electron chi connectivity index (χ2n) is 8.92. The van der Waals surface area contributed by atoms with Gasteiger partial charge in [0.1, 0.15) is 10.7 Å². The fourth-order valence-corrected chi connectivity index (χ4v) is 7.88. The Bertz CT molecular complexity index is 1510. The van der Waals surface area contributed by atoms with E-state index in [0.717, 1.165) is 24.2 Å². The lowest BCUT2D eigenvalue weighted by atomic mass is 10.2. The molecule has 2 N–H and O–H groups in total. The fraction of sp³-hybridized carbons (Fsp3) is 0.333. The number of hydrogen-bond acceptors (Lipinski definition) is 8. The molecule has 204 valence electrons. The third kappa shape index (κ3) is 6.91. The van der Waals surface area contributed by atoms with Gasteiger partial charge in [-0.25, -0.2) is 26.5 Å². The molecule has 0 spiro atoms. The van der Waals surface area contributed by atoms with E-state index in [9.17, 15) is 16.8 Å². The quantitative estimate of drug-likeness (QED) is 0.313. The summed E-state index contributed by atoms with van der Waals surface area (Å²) < 4.78 is 55.5.